The number of alkyl halides is 1. The Balaban J connectivity index is 1.32. The van der Waals surface area contributed by atoms with E-state index in [1.54, 1.807) is 29.2 Å². The summed E-state index contributed by atoms with van der Waals surface area (Å²) in [6.45, 7) is 0.538. The summed E-state index contributed by atoms with van der Waals surface area (Å²) in [5.74, 6) is -0.796. The quantitative estimate of drug-likeness (QED) is 0.217. The van der Waals surface area contributed by atoms with Crippen LogP contribution in [0, 0.1) is 11.8 Å². The van der Waals surface area contributed by atoms with E-state index in [0.717, 1.165) is 29.3 Å². The van der Waals surface area contributed by atoms with E-state index in [1.807, 2.05) is 30.3 Å². The lowest BCUT2D eigenvalue weighted by atomic mass is 9.77. The lowest BCUT2D eigenvalue weighted by Crippen LogP contribution is -2.48. The van der Waals surface area contributed by atoms with Crippen LogP contribution in [-0.2, 0) is 19.1 Å². The van der Waals surface area contributed by atoms with Crippen molar-refractivity contribution in [2.75, 3.05) is 38.9 Å². The maximum atomic E-state index is 14.0. The highest BCUT2D eigenvalue weighted by molar-refractivity contribution is 6.01. The van der Waals surface area contributed by atoms with E-state index >= 15 is 0 Å². The van der Waals surface area contributed by atoms with Crippen LogP contribution in [-0.4, -0.2) is 73.3 Å². The number of amides is 2. The number of esters is 1. The Hall–Kier alpha value is -3.76. The first-order chi connectivity index (χ1) is 20.9. The topological polar surface area (TPSA) is 127 Å². The van der Waals surface area contributed by atoms with Gasteiger partial charge >= 0.3 is 5.97 Å². The van der Waals surface area contributed by atoms with Gasteiger partial charge in [0.25, 0.3) is 0 Å². The molecule has 2 fully saturated rings. The number of hydrogen-bond donors (Lipinski definition) is 3. The second kappa shape index (κ2) is 14.1. The molecule has 0 bridgehead atoms. The molecule has 3 atom stereocenters. The Kier molecular flexibility index (Phi) is 10.1. The Labute approximate surface area is 251 Å². The first-order valence-electron chi connectivity index (χ1n) is 15.2. The van der Waals surface area contributed by atoms with E-state index in [-0.39, 0.29) is 42.2 Å². The van der Waals surface area contributed by atoms with Crippen molar-refractivity contribution in [3.05, 3.63) is 65.9 Å². The van der Waals surface area contributed by atoms with Crippen LogP contribution in [0.2, 0.25) is 0 Å². The summed E-state index contributed by atoms with van der Waals surface area (Å²) in [6, 6.07) is 16.1. The number of carbonyl (C=O) groups is 3. The summed E-state index contributed by atoms with van der Waals surface area (Å²) < 4.78 is 22.9. The number of methoxy groups -OCH3 is 1. The fourth-order valence-electron chi connectivity index (χ4n) is 6.64. The Morgan fingerprint density at radius 2 is 1.81 bits per heavy atom. The van der Waals surface area contributed by atoms with E-state index in [2.05, 4.69) is 10.3 Å². The number of halogens is 1. The van der Waals surface area contributed by atoms with E-state index < -0.39 is 18.7 Å². The number of hydrogen-bond acceptors (Lipinski definition) is 6. The van der Waals surface area contributed by atoms with Gasteiger partial charge in [-0.2, -0.15) is 0 Å². The van der Waals surface area contributed by atoms with Gasteiger partial charge in [0.2, 0.25) is 11.8 Å². The molecule has 1 saturated carbocycles. The van der Waals surface area contributed by atoms with Crippen molar-refractivity contribution in [3.63, 3.8) is 0 Å². The molecule has 9 nitrogen and oxygen atoms in total. The van der Waals surface area contributed by atoms with Crippen LogP contribution >= 0.6 is 0 Å². The predicted octanol–water partition coefficient (Wildman–Crippen LogP) is 4.79. The number of nitrogens with zero attached hydrogens (tertiary/aromatic N) is 1. The first kappa shape index (κ1) is 30.7. The minimum Gasteiger partial charge on any atom is -0.459 e. The standard InChI is InChI=1S/C33H41FN4O5/c1-42-17-18-43-33(41)29-20-24-19-25(11-12-28(24)37-29)36-31(39)30-26(21-5-3-2-4-6-21)14-16-38(30)32(40)23-9-7-22(8-10-23)27(35)13-15-34/h2-6,11-12,19-20,22-23,26-27,30,37H,7-10,13-18,35H2,1H3,(H,36,39)/t22?,23?,26-,27-,30+/m1/s1. The summed E-state index contributed by atoms with van der Waals surface area (Å²) in [6.07, 6.45) is 4.03. The Morgan fingerprint density at radius 3 is 2.53 bits per heavy atom. The van der Waals surface area contributed by atoms with Crippen molar-refractivity contribution in [3.8, 4) is 0 Å². The maximum Gasteiger partial charge on any atom is 0.354 e. The summed E-state index contributed by atoms with van der Waals surface area (Å²) in [4.78, 5) is 45.0. The average Bonchev–Trinajstić information content (AvgIpc) is 3.66. The molecule has 1 aromatic heterocycles. The third-order valence-corrected chi connectivity index (χ3v) is 8.98. The number of nitrogens with one attached hydrogen (secondary N) is 2. The van der Waals surface area contributed by atoms with Gasteiger partial charge in [-0.1, -0.05) is 30.3 Å². The van der Waals surface area contributed by atoms with Gasteiger partial charge in [0, 0.05) is 48.1 Å². The zero-order valence-electron chi connectivity index (χ0n) is 24.6. The fourth-order valence-corrected chi connectivity index (χ4v) is 6.64. The number of anilines is 1. The molecule has 0 spiro atoms. The molecule has 0 unspecified atom stereocenters. The van der Waals surface area contributed by atoms with Crippen LogP contribution < -0.4 is 11.1 Å². The van der Waals surface area contributed by atoms with Crippen molar-refractivity contribution in [2.45, 2.75) is 56.5 Å². The van der Waals surface area contributed by atoms with E-state index in [9.17, 15) is 18.8 Å². The number of rotatable bonds is 11. The molecule has 1 aliphatic carbocycles. The zero-order chi connectivity index (χ0) is 30.3. The second-order valence-corrected chi connectivity index (χ2v) is 11.6. The van der Waals surface area contributed by atoms with Gasteiger partial charge in [-0.05, 0) is 74.3 Å². The number of H-pyrrole nitrogens is 1. The number of ether oxygens (including phenoxy) is 2. The highest BCUT2D eigenvalue weighted by Crippen LogP contribution is 2.38. The lowest BCUT2D eigenvalue weighted by Gasteiger charge is -2.35. The van der Waals surface area contributed by atoms with Gasteiger partial charge in [-0.3, -0.25) is 14.0 Å². The molecular formula is C33H41FN4O5. The zero-order valence-corrected chi connectivity index (χ0v) is 24.6. The van der Waals surface area contributed by atoms with Gasteiger partial charge in [-0.15, -0.1) is 0 Å². The third kappa shape index (κ3) is 7.08. The number of fused-ring (bicyclic) bond motifs is 1. The largest absolute Gasteiger partial charge is 0.459 e. The van der Waals surface area contributed by atoms with Crippen LogP contribution in [0.4, 0.5) is 10.1 Å². The van der Waals surface area contributed by atoms with Crippen molar-refractivity contribution in [2.24, 2.45) is 17.6 Å². The van der Waals surface area contributed by atoms with Crippen LogP contribution in [0.25, 0.3) is 10.9 Å². The minimum absolute atomic E-state index is 0.00816. The first-order valence-corrected chi connectivity index (χ1v) is 15.2. The monoisotopic (exact) mass is 592 g/mol. The number of carbonyl (C=O) groups excluding carboxylic acids is 3. The molecular weight excluding hydrogens is 551 g/mol. The van der Waals surface area contributed by atoms with Crippen molar-refractivity contribution >= 4 is 34.4 Å². The van der Waals surface area contributed by atoms with Crippen LogP contribution in [0.15, 0.2) is 54.6 Å². The van der Waals surface area contributed by atoms with Gasteiger partial charge < -0.3 is 30.4 Å². The number of nitrogens with two attached hydrogens (primary N) is 1. The van der Waals surface area contributed by atoms with Crippen molar-refractivity contribution < 1.29 is 28.2 Å². The minimum atomic E-state index is -0.658. The molecule has 5 rings (SSSR count). The van der Waals surface area contributed by atoms with Gasteiger partial charge in [0.1, 0.15) is 18.3 Å². The summed E-state index contributed by atoms with van der Waals surface area (Å²) in [7, 11) is 1.54. The molecule has 10 heteroatoms. The maximum absolute atomic E-state index is 14.0. The van der Waals surface area contributed by atoms with E-state index in [0.29, 0.717) is 50.2 Å². The van der Waals surface area contributed by atoms with Gasteiger partial charge in [0.15, 0.2) is 0 Å². The molecule has 1 saturated heterocycles. The molecule has 3 aromatic rings. The summed E-state index contributed by atoms with van der Waals surface area (Å²) in [5, 5.41) is 3.80. The molecule has 0 radical (unpaired) electrons. The van der Waals surface area contributed by atoms with E-state index in [4.69, 9.17) is 15.2 Å². The Bertz CT molecular complexity index is 1400. The number of aromatic nitrogens is 1. The third-order valence-electron chi connectivity index (χ3n) is 8.98. The molecule has 1 aliphatic heterocycles. The summed E-state index contributed by atoms with van der Waals surface area (Å²) >= 11 is 0. The highest BCUT2D eigenvalue weighted by Gasteiger charge is 2.44. The van der Waals surface area contributed by atoms with Crippen molar-refractivity contribution in [1.82, 2.24) is 9.88 Å². The summed E-state index contributed by atoms with van der Waals surface area (Å²) in [5.41, 5.74) is 8.82. The molecule has 43 heavy (non-hydrogen) atoms. The average molecular weight is 593 g/mol. The lowest BCUT2D eigenvalue weighted by molar-refractivity contribution is -0.141. The SMILES string of the molecule is COCCOC(=O)c1cc2cc(NC(=O)[C@@H]3[C@@H](c4ccccc4)CCN3C(=O)C3CCC([C@H](N)CCF)CC3)ccc2[nH]1. The van der Waals surface area contributed by atoms with Crippen LogP contribution in [0.1, 0.15) is 60.5 Å². The van der Waals surface area contributed by atoms with Crippen LogP contribution in [0.3, 0.4) is 0 Å². The second-order valence-electron chi connectivity index (χ2n) is 11.6. The smallest absolute Gasteiger partial charge is 0.354 e. The molecule has 4 N–H and O–H groups in total. The van der Waals surface area contributed by atoms with Gasteiger partial charge in [0.05, 0.1) is 13.3 Å². The highest BCUT2D eigenvalue weighted by atomic mass is 19.1. The normalized spacial score (nSPS) is 22.8. The molecule has 230 valence electrons. The van der Waals surface area contributed by atoms with Gasteiger partial charge in [-0.25, -0.2) is 4.79 Å². The Morgan fingerprint density at radius 1 is 1.05 bits per heavy atom. The fraction of sp³-hybridized carbons (Fsp3) is 0.485. The number of aromatic amines is 1. The molecule has 2 heterocycles. The van der Waals surface area contributed by atoms with E-state index in [1.165, 1.54) is 7.11 Å². The molecule has 2 aliphatic rings. The molecule has 2 amide bonds. The number of likely N-dealkylation sites (tertiary alicyclic amines) is 1. The number of benzene rings is 2. The van der Waals surface area contributed by atoms with Crippen molar-refractivity contribution in [1.29, 1.82) is 0 Å². The van der Waals surface area contributed by atoms with Crippen LogP contribution in [0.5, 0.6) is 0 Å². The predicted molar refractivity (Wildman–Crippen MR) is 162 cm³/mol. The molecule has 2 aromatic carbocycles.